The molecule has 0 aliphatic heterocycles. The Balaban J connectivity index is 1.98. The third-order valence-corrected chi connectivity index (χ3v) is 7.64. The number of rotatable bonds is 11. The van der Waals surface area contributed by atoms with Crippen LogP contribution in [0.2, 0.25) is 5.02 Å². The molecule has 0 bridgehead atoms. The van der Waals surface area contributed by atoms with Gasteiger partial charge in [-0.1, -0.05) is 67.1 Å². The Morgan fingerprint density at radius 1 is 0.944 bits per heavy atom. The number of benzene rings is 3. The summed E-state index contributed by atoms with van der Waals surface area (Å²) in [6, 6.07) is 22.6. The maximum Gasteiger partial charge on any atom is 0.264 e. The van der Waals surface area contributed by atoms with E-state index < -0.39 is 28.5 Å². The van der Waals surface area contributed by atoms with Crippen LogP contribution in [0.5, 0.6) is 0 Å². The van der Waals surface area contributed by atoms with Crippen LogP contribution in [0.3, 0.4) is 0 Å². The normalized spacial score (nSPS) is 12.0. The van der Waals surface area contributed by atoms with Gasteiger partial charge in [-0.2, -0.15) is 0 Å². The van der Waals surface area contributed by atoms with Crippen LogP contribution in [-0.2, 0) is 26.2 Å². The lowest BCUT2D eigenvalue weighted by molar-refractivity contribution is -0.139. The SMILES string of the molecule is CCCNC(=O)[C@H](C)N(Cc1cccc(Cl)c1)C(=O)CN(c1ccccc1)S(=O)(=O)c1ccccc1. The van der Waals surface area contributed by atoms with Crippen molar-refractivity contribution in [3.8, 4) is 0 Å². The Bertz CT molecular complexity index is 1270. The van der Waals surface area contributed by atoms with E-state index in [2.05, 4.69) is 5.32 Å². The number of halogens is 1. The highest BCUT2D eigenvalue weighted by Crippen LogP contribution is 2.24. The van der Waals surface area contributed by atoms with E-state index in [1.165, 1.54) is 17.0 Å². The number of para-hydroxylation sites is 1. The van der Waals surface area contributed by atoms with Crippen molar-refractivity contribution in [3.05, 3.63) is 95.5 Å². The highest BCUT2D eigenvalue weighted by Gasteiger charge is 2.32. The zero-order valence-electron chi connectivity index (χ0n) is 20.3. The van der Waals surface area contributed by atoms with Gasteiger partial charge < -0.3 is 10.2 Å². The number of nitrogens with one attached hydrogen (secondary N) is 1. The predicted molar refractivity (Wildman–Crippen MR) is 142 cm³/mol. The minimum absolute atomic E-state index is 0.0665. The van der Waals surface area contributed by atoms with Crippen molar-refractivity contribution in [2.75, 3.05) is 17.4 Å². The standard InChI is InChI=1S/C27H30ClN3O4S/c1-3-17-29-27(33)21(2)30(19-22-11-10-12-23(28)18-22)26(32)20-31(24-13-6-4-7-14-24)36(34,35)25-15-8-5-9-16-25/h4-16,18,21H,3,17,19-20H2,1-2H3,(H,29,33)/t21-/m0/s1. The van der Waals surface area contributed by atoms with E-state index in [-0.39, 0.29) is 17.3 Å². The molecule has 0 saturated heterocycles. The lowest BCUT2D eigenvalue weighted by atomic mass is 10.1. The number of nitrogens with zero attached hydrogens (tertiary/aromatic N) is 2. The van der Waals surface area contributed by atoms with Gasteiger partial charge in [-0.05, 0) is 55.3 Å². The van der Waals surface area contributed by atoms with E-state index in [4.69, 9.17) is 11.6 Å². The Hall–Kier alpha value is -3.36. The van der Waals surface area contributed by atoms with E-state index in [1.807, 2.05) is 6.92 Å². The summed E-state index contributed by atoms with van der Waals surface area (Å²) in [5.41, 5.74) is 1.07. The average molecular weight is 528 g/mol. The minimum Gasteiger partial charge on any atom is -0.354 e. The molecule has 9 heteroatoms. The highest BCUT2D eigenvalue weighted by atomic mass is 35.5. The van der Waals surface area contributed by atoms with E-state index >= 15 is 0 Å². The fourth-order valence-corrected chi connectivity index (χ4v) is 5.30. The lowest BCUT2D eigenvalue weighted by Gasteiger charge is -2.32. The molecule has 0 aliphatic carbocycles. The number of carbonyl (C=O) groups excluding carboxylic acids is 2. The molecule has 0 fully saturated rings. The molecule has 36 heavy (non-hydrogen) atoms. The maximum atomic E-state index is 13.7. The van der Waals surface area contributed by atoms with E-state index in [0.29, 0.717) is 17.3 Å². The summed E-state index contributed by atoms with van der Waals surface area (Å²) in [6.45, 7) is 3.65. The van der Waals surface area contributed by atoms with Crippen LogP contribution in [-0.4, -0.2) is 44.3 Å². The first-order valence-corrected chi connectivity index (χ1v) is 13.5. The molecule has 190 valence electrons. The highest BCUT2D eigenvalue weighted by molar-refractivity contribution is 7.92. The van der Waals surface area contributed by atoms with Crippen molar-refractivity contribution >= 4 is 39.1 Å². The van der Waals surface area contributed by atoms with Gasteiger partial charge in [0, 0.05) is 18.1 Å². The second-order valence-electron chi connectivity index (χ2n) is 8.28. The van der Waals surface area contributed by atoms with Crippen LogP contribution >= 0.6 is 11.6 Å². The topological polar surface area (TPSA) is 86.8 Å². The largest absolute Gasteiger partial charge is 0.354 e. The molecule has 0 heterocycles. The molecule has 1 atom stereocenters. The zero-order valence-corrected chi connectivity index (χ0v) is 21.9. The van der Waals surface area contributed by atoms with Crippen LogP contribution in [0.4, 0.5) is 5.69 Å². The molecule has 2 amide bonds. The summed E-state index contributed by atoms with van der Waals surface area (Å²) >= 11 is 6.14. The van der Waals surface area contributed by atoms with Gasteiger partial charge in [-0.25, -0.2) is 8.42 Å². The molecule has 1 N–H and O–H groups in total. The summed E-state index contributed by atoms with van der Waals surface area (Å²) < 4.78 is 28.3. The molecule has 0 spiro atoms. The van der Waals surface area contributed by atoms with Crippen molar-refractivity contribution in [1.82, 2.24) is 10.2 Å². The van der Waals surface area contributed by atoms with Crippen LogP contribution < -0.4 is 9.62 Å². The fourth-order valence-electron chi connectivity index (χ4n) is 3.65. The molecule has 3 aromatic carbocycles. The third kappa shape index (κ3) is 6.86. The molecule has 0 radical (unpaired) electrons. The quantitative estimate of drug-likeness (QED) is 0.398. The van der Waals surface area contributed by atoms with Gasteiger partial charge in [0.25, 0.3) is 10.0 Å². The first-order valence-electron chi connectivity index (χ1n) is 11.7. The summed E-state index contributed by atoms with van der Waals surface area (Å²) in [7, 11) is -4.06. The first kappa shape index (κ1) is 27.2. The summed E-state index contributed by atoms with van der Waals surface area (Å²) in [5, 5.41) is 3.32. The molecule has 0 aliphatic rings. The number of carbonyl (C=O) groups is 2. The zero-order chi connectivity index (χ0) is 26.1. The van der Waals surface area contributed by atoms with Gasteiger partial charge in [0.1, 0.15) is 12.6 Å². The monoisotopic (exact) mass is 527 g/mol. The van der Waals surface area contributed by atoms with Crippen LogP contribution in [0.25, 0.3) is 0 Å². The van der Waals surface area contributed by atoms with Gasteiger partial charge in [0.2, 0.25) is 11.8 Å². The van der Waals surface area contributed by atoms with E-state index in [9.17, 15) is 18.0 Å². The van der Waals surface area contributed by atoms with Crippen LogP contribution in [0.1, 0.15) is 25.8 Å². The van der Waals surface area contributed by atoms with Gasteiger partial charge in [-0.3, -0.25) is 13.9 Å². The van der Waals surface area contributed by atoms with Crippen molar-refractivity contribution in [2.24, 2.45) is 0 Å². The fraction of sp³-hybridized carbons (Fsp3) is 0.259. The van der Waals surface area contributed by atoms with Crippen molar-refractivity contribution in [1.29, 1.82) is 0 Å². The van der Waals surface area contributed by atoms with Crippen LogP contribution in [0.15, 0.2) is 89.8 Å². The number of hydrogen-bond acceptors (Lipinski definition) is 4. The Morgan fingerprint density at radius 3 is 2.19 bits per heavy atom. The van der Waals surface area contributed by atoms with Crippen LogP contribution in [0, 0.1) is 0 Å². The second kappa shape index (κ2) is 12.6. The van der Waals surface area contributed by atoms with Gasteiger partial charge in [0.05, 0.1) is 10.6 Å². The number of anilines is 1. The Kier molecular flexibility index (Phi) is 9.50. The van der Waals surface area contributed by atoms with Crippen molar-refractivity contribution < 1.29 is 18.0 Å². The minimum atomic E-state index is -4.06. The maximum absolute atomic E-state index is 13.7. The Labute approximate surface area is 217 Å². The number of hydrogen-bond donors (Lipinski definition) is 1. The molecular weight excluding hydrogens is 498 g/mol. The Morgan fingerprint density at radius 2 is 1.58 bits per heavy atom. The smallest absolute Gasteiger partial charge is 0.264 e. The summed E-state index contributed by atoms with van der Waals surface area (Å²) in [5.74, 6) is -0.832. The van der Waals surface area contributed by atoms with E-state index in [0.717, 1.165) is 16.3 Å². The number of amides is 2. The van der Waals surface area contributed by atoms with Gasteiger partial charge >= 0.3 is 0 Å². The molecule has 0 saturated carbocycles. The van der Waals surface area contributed by atoms with Crippen molar-refractivity contribution in [3.63, 3.8) is 0 Å². The van der Waals surface area contributed by atoms with E-state index in [1.54, 1.807) is 79.7 Å². The molecule has 0 unspecified atom stereocenters. The number of sulfonamides is 1. The molecule has 0 aromatic heterocycles. The molecular formula is C27H30ClN3O4S. The first-order chi connectivity index (χ1) is 17.2. The molecule has 7 nitrogen and oxygen atoms in total. The molecule has 3 aromatic rings. The predicted octanol–water partition coefficient (Wildman–Crippen LogP) is 4.48. The van der Waals surface area contributed by atoms with Crippen molar-refractivity contribution in [2.45, 2.75) is 37.8 Å². The summed E-state index contributed by atoms with van der Waals surface area (Å²) in [4.78, 5) is 28.0. The van der Waals surface area contributed by atoms with Gasteiger partial charge in [0.15, 0.2) is 0 Å². The summed E-state index contributed by atoms with van der Waals surface area (Å²) in [6.07, 6.45) is 0.748. The third-order valence-electron chi connectivity index (χ3n) is 5.61. The lowest BCUT2D eigenvalue weighted by Crippen LogP contribution is -2.51. The second-order valence-corrected chi connectivity index (χ2v) is 10.6. The molecule has 3 rings (SSSR count). The van der Waals surface area contributed by atoms with Gasteiger partial charge in [-0.15, -0.1) is 0 Å². The average Bonchev–Trinajstić information content (AvgIpc) is 2.89.